The second kappa shape index (κ2) is 13.8. The Morgan fingerprint density at radius 2 is 0.413 bits per heavy atom. The normalized spacial score (nSPS) is 20.9. The van der Waals surface area contributed by atoms with Gasteiger partial charge in [-0.1, -0.05) is 0 Å². The molecule has 51 heteroatoms. The summed E-state index contributed by atoms with van der Waals surface area (Å²) >= 11 is 0. The fourth-order valence-corrected chi connectivity index (χ4v) is 23.3. The molecule has 0 atom stereocenters. The van der Waals surface area contributed by atoms with Crippen molar-refractivity contribution in [3.05, 3.63) is 23.0 Å². The highest BCUT2D eigenvalue weighted by atomic mass is 32.4. The van der Waals surface area contributed by atoms with Crippen LogP contribution in [0.25, 0.3) is 0 Å². The van der Waals surface area contributed by atoms with Crippen LogP contribution in [0.3, 0.4) is 0 Å². The molecule has 0 radical (unpaired) electrons. The van der Waals surface area contributed by atoms with Gasteiger partial charge in [0.15, 0.2) is 0 Å². The minimum absolute atomic E-state index is 2.28. The lowest BCUT2D eigenvalue weighted by molar-refractivity contribution is -0.273. The van der Waals surface area contributed by atoms with E-state index in [1.807, 2.05) is 0 Å². The predicted molar refractivity (Wildman–Crippen MR) is 148 cm³/mol. The highest BCUT2D eigenvalue weighted by molar-refractivity contribution is 8.25. The van der Waals surface area contributed by atoms with Gasteiger partial charge in [0.05, 0.1) is 0 Å². The van der Waals surface area contributed by atoms with Crippen molar-refractivity contribution < 1.29 is 172 Å². The summed E-state index contributed by atoms with van der Waals surface area (Å²) in [5, 5.41) is 0. The van der Waals surface area contributed by atoms with Crippen LogP contribution in [-0.2, 0) is 116 Å². The van der Waals surface area contributed by atoms with Gasteiger partial charge in [-0.05, 0) is 0 Å². The van der Waals surface area contributed by atoms with Crippen LogP contribution in [0, 0.1) is 0 Å². The summed E-state index contributed by atoms with van der Waals surface area (Å²) in [5.74, 6) is -49.9. The van der Waals surface area contributed by atoms with Gasteiger partial charge in [-0.2, -0.15) is 119 Å². The molecule has 0 fully saturated rings. The van der Waals surface area contributed by atoms with Crippen molar-refractivity contribution in [2.75, 3.05) is 0 Å². The van der Waals surface area contributed by atoms with Gasteiger partial charge in [-0.15, -0.1) is 38.9 Å². The standard InChI is InChI=1S/C12F18O23S10/c13-5(14)1(3(7(5,17)18)52-9(54(21,31)32,55(22,33)34)11(58(25,39)40,59(26,41)42)60(27,43)44)51-2-4(8(19,20)6(2,15)16)53-10(56(23,35)36,57(24,37)38)12(61(28,45)46,62(29,47)48)63(30,49)50. The third kappa shape index (κ3) is 6.74. The Labute approximate surface area is 335 Å². The van der Waals surface area contributed by atoms with Crippen LogP contribution in [0.5, 0.6) is 0 Å². The third-order valence-corrected chi connectivity index (χ3v) is 27.8. The highest BCUT2D eigenvalue weighted by Gasteiger charge is 2.96. The van der Waals surface area contributed by atoms with Gasteiger partial charge in [0.2, 0.25) is 23.0 Å². The zero-order chi connectivity index (χ0) is 51.4. The molecule has 0 N–H and O–H groups in total. The van der Waals surface area contributed by atoms with Crippen molar-refractivity contribution in [2.45, 2.75) is 39.0 Å². The molecule has 0 spiro atoms. The van der Waals surface area contributed by atoms with Gasteiger partial charge in [0.25, 0.3) is 0 Å². The van der Waals surface area contributed by atoms with Crippen molar-refractivity contribution in [3.8, 4) is 0 Å². The SMILES string of the molecule is O=S(=O)(F)C(OC1=C(OC2=C(OC(C(S(=O)(=O)F)(S(=O)(=O)F)S(=O)(=O)F)(S(=O)(=O)F)S(=O)(=O)F)C(F)(F)C2(F)F)C(F)(F)C1(F)F)(C(S(=O)(=O)F)(S(=O)(=O)F)S(=O)(=O)F)S(=O)(=O)F. The van der Waals surface area contributed by atoms with Crippen LogP contribution in [0.4, 0.5) is 74.0 Å². The van der Waals surface area contributed by atoms with E-state index in [1.165, 1.54) is 0 Å². The largest absolute Gasteiger partial charge is 0.445 e. The molecule has 0 amide bonds. The summed E-state index contributed by atoms with van der Waals surface area (Å²) in [6.45, 7) is 0. The summed E-state index contributed by atoms with van der Waals surface area (Å²) < 4.78 is 466. The van der Waals surface area contributed by atoms with Crippen molar-refractivity contribution in [3.63, 3.8) is 0 Å². The lowest BCUT2D eigenvalue weighted by Crippen LogP contribution is -2.73. The van der Waals surface area contributed by atoms with Crippen LogP contribution in [-0.4, -0.2) is 123 Å². The van der Waals surface area contributed by atoms with Crippen LogP contribution < -0.4 is 0 Å². The molecule has 0 saturated carbocycles. The molecule has 372 valence electrons. The Hall–Kier alpha value is -2.88. The first-order valence-electron chi connectivity index (χ1n) is 12.2. The third-order valence-electron chi connectivity index (χ3n) is 6.98. The molecule has 0 aromatic heterocycles. The van der Waals surface area contributed by atoms with Gasteiger partial charge in [0, 0.05) is 0 Å². The summed E-state index contributed by atoms with van der Waals surface area (Å²) in [6, 6.07) is 0. The predicted octanol–water partition coefficient (Wildman–Crippen LogP) is -0.364. The van der Waals surface area contributed by atoms with E-state index in [0.717, 1.165) is 0 Å². The van der Waals surface area contributed by atoms with E-state index in [-0.39, 0.29) is 0 Å². The molecule has 0 saturated heterocycles. The molecule has 0 heterocycles. The molecular formula is C12F18O23S10. The van der Waals surface area contributed by atoms with Gasteiger partial charge in [-0.25, -0.2) is 0 Å². The van der Waals surface area contributed by atoms with E-state index in [9.17, 15) is 158 Å². The molecule has 0 aromatic rings. The van der Waals surface area contributed by atoms with Crippen LogP contribution in [0.2, 0.25) is 0 Å². The first-order valence-corrected chi connectivity index (χ1v) is 26.0. The molecule has 2 rings (SSSR count). The Kier molecular flexibility index (Phi) is 12.4. The van der Waals surface area contributed by atoms with Gasteiger partial charge >= 0.3 is 141 Å². The first-order chi connectivity index (χ1) is 26.7. The Morgan fingerprint density at radius 1 is 0.270 bits per heavy atom. The van der Waals surface area contributed by atoms with E-state index >= 15 is 0 Å². The molecule has 2 aliphatic rings. The van der Waals surface area contributed by atoms with Crippen LogP contribution >= 0.6 is 0 Å². The molecule has 2 aliphatic carbocycles. The summed E-state index contributed by atoms with van der Waals surface area (Å²) in [6.07, 6.45) is 0. The zero-order valence-corrected chi connectivity index (χ0v) is 34.4. The molecular weight excluding hydrogens is 1170 g/mol. The number of allylic oxidation sites excluding steroid dienone is 4. The Morgan fingerprint density at radius 3 is 0.540 bits per heavy atom. The number of rotatable bonds is 18. The lowest BCUT2D eigenvalue weighted by Gasteiger charge is -2.46. The second-order valence-corrected chi connectivity index (χ2v) is 27.3. The number of ether oxygens (including phenoxy) is 3. The Balaban J connectivity index is 3.64. The molecule has 23 nitrogen and oxygen atoms in total. The van der Waals surface area contributed by atoms with Crippen molar-refractivity contribution in [1.29, 1.82) is 0 Å². The average molecular weight is 1170 g/mol. The smallest absolute Gasteiger partial charge is 0.431 e. The minimum Gasteiger partial charge on any atom is -0.445 e. The topological polar surface area (TPSA) is 369 Å². The molecule has 0 aliphatic heterocycles. The van der Waals surface area contributed by atoms with Gasteiger partial charge in [0.1, 0.15) is 0 Å². The average Bonchev–Trinajstić information content (AvgIpc) is 2.91. The minimum atomic E-state index is -9.67. The maximum Gasteiger partial charge on any atom is 0.431 e. The monoisotopic (exact) mass is 1170 g/mol. The second-order valence-electron chi connectivity index (χ2n) is 10.5. The molecule has 0 unspecified atom stereocenters. The number of hydrogen-bond donors (Lipinski definition) is 0. The quantitative estimate of drug-likeness (QED) is 0.125. The summed E-state index contributed by atoms with van der Waals surface area (Å²) in [5.41, 5.74) is 0. The number of hydrogen-bond acceptors (Lipinski definition) is 23. The first kappa shape index (κ1) is 56.2. The van der Waals surface area contributed by atoms with Gasteiger partial charge in [-0.3, -0.25) is 0 Å². The number of halogens is 18. The van der Waals surface area contributed by atoms with E-state index in [1.54, 1.807) is 0 Å². The Bertz CT molecular complexity index is 2860. The van der Waals surface area contributed by atoms with Gasteiger partial charge < -0.3 is 14.2 Å². The summed E-state index contributed by atoms with van der Waals surface area (Å²) in [4.78, 5) is 0. The summed E-state index contributed by atoms with van der Waals surface area (Å²) in [7, 11) is -96.2. The van der Waals surface area contributed by atoms with E-state index in [0.29, 0.717) is 0 Å². The fraction of sp³-hybridized carbons (Fsp3) is 0.667. The number of alkyl halides is 8. The molecule has 0 aromatic carbocycles. The van der Waals surface area contributed by atoms with E-state index in [2.05, 4.69) is 14.2 Å². The van der Waals surface area contributed by atoms with Crippen LogP contribution in [0.1, 0.15) is 0 Å². The maximum absolute atomic E-state index is 14.6. The lowest BCUT2D eigenvalue weighted by atomic mass is 9.91. The van der Waals surface area contributed by atoms with E-state index < -0.39 is 164 Å². The zero-order valence-electron chi connectivity index (χ0n) is 26.3. The van der Waals surface area contributed by atoms with E-state index in [4.69, 9.17) is 0 Å². The highest BCUT2D eigenvalue weighted by Crippen LogP contribution is 2.66. The molecule has 0 bridgehead atoms. The molecule has 63 heavy (non-hydrogen) atoms. The maximum atomic E-state index is 14.6. The van der Waals surface area contributed by atoms with Crippen molar-refractivity contribution in [1.82, 2.24) is 0 Å². The van der Waals surface area contributed by atoms with Crippen molar-refractivity contribution >= 4 is 102 Å². The van der Waals surface area contributed by atoms with Crippen LogP contribution in [0.15, 0.2) is 23.0 Å². The fourth-order valence-electron chi connectivity index (χ4n) is 4.60. The van der Waals surface area contributed by atoms with Crippen molar-refractivity contribution in [2.24, 2.45) is 0 Å².